The average molecular weight is 350 g/mol. The van der Waals surface area contributed by atoms with E-state index in [1.807, 2.05) is 42.5 Å². The average Bonchev–Trinajstić information content (AvgIpc) is 2.60. The van der Waals surface area contributed by atoms with Crippen LogP contribution in [0.15, 0.2) is 60.7 Å². The van der Waals surface area contributed by atoms with Gasteiger partial charge in [0.25, 0.3) is 0 Å². The van der Waals surface area contributed by atoms with Crippen LogP contribution in [0.4, 0.5) is 16.2 Å². The molecule has 0 aliphatic carbocycles. The standard InChI is InChI=1S/C21H23FN4/c1-21(2,3)26-19-13-18(15-9-5-4-6-10-15)24-20(25-19)23-14-16-11-7-8-12-17(16)22/h4-13H,14H2,1-3H3,(H2,23,24,25,26). The number of hydrogen-bond donors (Lipinski definition) is 2. The van der Waals surface area contributed by atoms with Crippen molar-refractivity contribution in [2.45, 2.75) is 32.9 Å². The van der Waals surface area contributed by atoms with Crippen molar-refractivity contribution in [3.63, 3.8) is 0 Å². The summed E-state index contributed by atoms with van der Waals surface area (Å²) in [4.78, 5) is 9.13. The SMILES string of the molecule is CC(C)(C)Nc1cc(-c2ccccc2)nc(NCc2ccccc2F)n1. The van der Waals surface area contributed by atoms with Crippen LogP contribution in [-0.2, 0) is 6.54 Å². The molecule has 0 amide bonds. The predicted molar refractivity (Wildman–Crippen MR) is 105 cm³/mol. The normalized spacial score (nSPS) is 11.2. The van der Waals surface area contributed by atoms with Crippen LogP contribution in [-0.4, -0.2) is 15.5 Å². The largest absolute Gasteiger partial charge is 0.365 e. The molecule has 134 valence electrons. The third kappa shape index (κ3) is 4.79. The van der Waals surface area contributed by atoms with Crippen LogP contribution >= 0.6 is 0 Å². The van der Waals surface area contributed by atoms with E-state index in [9.17, 15) is 4.39 Å². The van der Waals surface area contributed by atoms with Gasteiger partial charge in [0.15, 0.2) is 0 Å². The second-order valence-electron chi connectivity index (χ2n) is 7.15. The highest BCUT2D eigenvalue weighted by atomic mass is 19.1. The molecule has 0 spiro atoms. The van der Waals surface area contributed by atoms with Gasteiger partial charge in [0, 0.05) is 29.3 Å². The Bertz CT molecular complexity index is 873. The van der Waals surface area contributed by atoms with Crippen molar-refractivity contribution in [1.82, 2.24) is 9.97 Å². The van der Waals surface area contributed by atoms with Crippen molar-refractivity contribution in [3.8, 4) is 11.3 Å². The molecule has 2 aromatic carbocycles. The van der Waals surface area contributed by atoms with Gasteiger partial charge < -0.3 is 10.6 Å². The number of nitrogens with zero attached hydrogens (tertiary/aromatic N) is 2. The predicted octanol–water partition coefficient (Wildman–Crippen LogP) is 5.11. The summed E-state index contributed by atoms with van der Waals surface area (Å²) in [5, 5.41) is 6.51. The van der Waals surface area contributed by atoms with Crippen LogP contribution in [0.5, 0.6) is 0 Å². The molecule has 1 heterocycles. The monoisotopic (exact) mass is 350 g/mol. The van der Waals surface area contributed by atoms with Crippen molar-refractivity contribution in [2.24, 2.45) is 0 Å². The number of anilines is 2. The zero-order valence-corrected chi connectivity index (χ0v) is 15.3. The number of aromatic nitrogens is 2. The topological polar surface area (TPSA) is 49.8 Å². The lowest BCUT2D eigenvalue weighted by Crippen LogP contribution is -2.27. The van der Waals surface area contributed by atoms with E-state index in [0.717, 1.165) is 17.1 Å². The van der Waals surface area contributed by atoms with E-state index in [1.165, 1.54) is 6.07 Å². The van der Waals surface area contributed by atoms with Gasteiger partial charge in [0.2, 0.25) is 5.95 Å². The van der Waals surface area contributed by atoms with Crippen molar-refractivity contribution < 1.29 is 4.39 Å². The van der Waals surface area contributed by atoms with Crippen molar-refractivity contribution in [3.05, 3.63) is 72.0 Å². The maximum atomic E-state index is 13.8. The highest BCUT2D eigenvalue weighted by Crippen LogP contribution is 2.23. The first-order valence-corrected chi connectivity index (χ1v) is 8.61. The molecule has 0 saturated heterocycles. The summed E-state index contributed by atoms with van der Waals surface area (Å²) in [5.41, 5.74) is 2.25. The van der Waals surface area contributed by atoms with Crippen molar-refractivity contribution in [1.29, 1.82) is 0 Å². The van der Waals surface area contributed by atoms with Gasteiger partial charge >= 0.3 is 0 Å². The van der Waals surface area contributed by atoms with Crippen LogP contribution in [0.2, 0.25) is 0 Å². The molecule has 26 heavy (non-hydrogen) atoms. The summed E-state index contributed by atoms with van der Waals surface area (Å²) in [7, 11) is 0. The highest BCUT2D eigenvalue weighted by Gasteiger charge is 2.13. The summed E-state index contributed by atoms with van der Waals surface area (Å²) in [6.07, 6.45) is 0. The van der Waals surface area contributed by atoms with Crippen LogP contribution in [0.1, 0.15) is 26.3 Å². The second kappa shape index (κ2) is 7.52. The lowest BCUT2D eigenvalue weighted by molar-refractivity contribution is 0.612. The summed E-state index contributed by atoms with van der Waals surface area (Å²) >= 11 is 0. The summed E-state index contributed by atoms with van der Waals surface area (Å²) < 4.78 is 13.8. The quantitative estimate of drug-likeness (QED) is 0.672. The summed E-state index contributed by atoms with van der Waals surface area (Å²) in [5.74, 6) is 0.941. The second-order valence-corrected chi connectivity index (χ2v) is 7.15. The first kappa shape index (κ1) is 17.9. The maximum Gasteiger partial charge on any atom is 0.225 e. The Balaban J connectivity index is 1.90. The van der Waals surface area contributed by atoms with Gasteiger partial charge in [-0.1, -0.05) is 48.5 Å². The summed E-state index contributed by atoms with van der Waals surface area (Å²) in [6.45, 7) is 6.54. The van der Waals surface area contributed by atoms with Crippen molar-refractivity contribution in [2.75, 3.05) is 10.6 Å². The van der Waals surface area contributed by atoms with E-state index < -0.39 is 0 Å². The van der Waals surface area contributed by atoms with Gasteiger partial charge in [-0.05, 0) is 26.8 Å². The first-order chi connectivity index (χ1) is 12.4. The minimum Gasteiger partial charge on any atom is -0.365 e. The molecule has 0 atom stereocenters. The van der Waals surface area contributed by atoms with Crippen LogP contribution in [0.25, 0.3) is 11.3 Å². The molecule has 1 aromatic heterocycles. The molecular formula is C21H23FN4. The third-order valence-corrected chi connectivity index (χ3v) is 3.69. The molecule has 0 fully saturated rings. The van der Waals surface area contributed by atoms with E-state index in [2.05, 4.69) is 41.4 Å². The van der Waals surface area contributed by atoms with E-state index in [0.29, 0.717) is 18.1 Å². The van der Waals surface area contributed by atoms with E-state index >= 15 is 0 Å². The van der Waals surface area contributed by atoms with E-state index in [1.54, 1.807) is 12.1 Å². The number of hydrogen-bond acceptors (Lipinski definition) is 4. The molecule has 5 heteroatoms. The Morgan fingerprint density at radius 2 is 1.62 bits per heavy atom. The van der Waals surface area contributed by atoms with Crippen molar-refractivity contribution >= 4 is 11.8 Å². The lowest BCUT2D eigenvalue weighted by atomic mass is 10.1. The lowest BCUT2D eigenvalue weighted by Gasteiger charge is -2.22. The zero-order chi connectivity index (χ0) is 18.6. The third-order valence-electron chi connectivity index (χ3n) is 3.69. The smallest absolute Gasteiger partial charge is 0.225 e. The van der Waals surface area contributed by atoms with E-state index in [4.69, 9.17) is 0 Å². The molecule has 3 aromatic rings. The molecule has 0 aliphatic heterocycles. The van der Waals surface area contributed by atoms with Gasteiger partial charge in [-0.2, -0.15) is 4.98 Å². The van der Waals surface area contributed by atoms with Gasteiger partial charge in [-0.15, -0.1) is 0 Å². The molecule has 4 nitrogen and oxygen atoms in total. The number of nitrogens with one attached hydrogen (secondary N) is 2. The molecule has 3 rings (SSSR count). The van der Waals surface area contributed by atoms with E-state index in [-0.39, 0.29) is 11.4 Å². The van der Waals surface area contributed by atoms with Gasteiger partial charge in [-0.3, -0.25) is 0 Å². The summed E-state index contributed by atoms with van der Waals surface area (Å²) in [6, 6.07) is 18.5. The van der Waals surface area contributed by atoms with Gasteiger partial charge in [0.05, 0.1) is 5.69 Å². The molecule has 0 radical (unpaired) electrons. The molecule has 2 N–H and O–H groups in total. The molecule has 0 saturated carbocycles. The minimum atomic E-state index is -0.243. The van der Waals surface area contributed by atoms with Crippen LogP contribution in [0, 0.1) is 5.82 Å². The zero-order valence-electron chi connectivity index (χ0n) is 15.3. The van der Waals surface area contributed by atoms with Gasteiger partial charge in [0.1, 0.15) is 11.6 Å². The molecule has 0 bridgehead atoms. The minimum absolute atomic E-state index is 0.134. The first-order valence-electron chi connectivity index (χ1n) is 8.61. The molecule has 0 aliphatic rings. The maximum absolute atomic E-state index is 13.8. The van der Waals surface area contributed by atoms with Gasteiger partial charge in [-0.25, -0.2) is 9.37 Å². The Labute approximate surface area is 153 Å². The van der Waals surface area contributed by atoms with Crippen LogP contribution < -0.4 is 10.6 Å². The van der Waals surface area contributed by atoms with Crippen LogP contribution in [0.3, 0.4) is 0 Å². The molecular weight excluding hydrogens is 327 g/mol. The fourth-order valence-electron chi connectivity index (χ4n) is 2.55. The Kier molecular flexibility index (Phi) is 5.16. The number of halogens is 1. The molecule has 0 unspecified atom stereocenters. The fourth-order valence-corrected chi connectivity index (χ4v) is 2.55. The Hall–Kier alpha value is -2.95. The Morgan fingerprint density at radius 3 is 2.31 bits per heavy atom. The number of benzene rings is 2. The highest BCUT2D eigenvalue weighted by molar-refractivity contribution is 5.64. The number of rotatable bonds is 5. The Morgan fingerprint density at radius 1 is 0.923 bits per heavy atom. The fraction of sp³-hybridized carbons (Fsp3) is 0.238.